The Labute approximate surface area is 96.5 Å². The van der Waals surface area contributed by atoms with Gasteiger partial charge in [-0.2, -0.15) is 0 Å². The summed E-state index contributed by atoms with van der Waals surface area (Å²) in [6, 6.07) is 0.765. The highest BCUT2D eigenvalue weighted by atomic mass is 16.2. The molecule has 0 unspecified atom stereocenters. The Morgan fingerprint density at radius 3 is 3.00 bits per heavy atom. The van der Waals surface area contributed by atoms with Crippen LogP contribution in [0.5, 0.6) is 0 Å². The van der Waals surface area contributed by atoms with Crippen molar-refractivity contribution in [2.24, 2.45) is 17.6 Å². The van der Waals surface area contributed by atoms with Crippen molar-refractivity contribution in [3.05, 3.63) is 0 Å². The van der Waals surface area contributed by atoms with E-state index in [4.69, 9.17) is 5.73 Å². The van der Waals surface area contributed by atoms with E-state index in [1.54, 1.807) is 0 Å². The third-order valence-corrected chi connectivity index (χ3v) is 4.64. The van der Waals surface area contributed by atoms with Crippen LogP contribution in [0.3, 0.4) is 0 Å². The van der Waals surface area contributed by atoms with Crippen LogP contribution in [0.1, 0.15) is 25.7 Å². The number of carbonyl (C=O) groups excluding carboxylic acids is 1. The summed E-state index contributed by atoms with van der Waals surface area (Å²) in [4.78, 5) is 14.2. The van der Waals surface area contributed by atoms with E-state index in [-0.39, 0.29) is 0 Å². The van der Waals surface area contributed by atoms with Crippen molar-refractivity contribution in [3.8, 4) is 0 Å². The minimum absolute atomic E-state index is 0.293. The Kier molecular flexibility index (Phi) is 2.64. The van der Waals surface area contributed by atoms with E-state index in [1.165, 1.54) is 12.8 Å². The predicted molar refractivity (Wildman–Crippen MR) is 61.8 cm³/mol. The maximum absolute atomic E-state index is 12.1. The molecule has 0 saturated carbocycles. The first-order chi connectivity index (χ1) is 7.81. The predicted octanol–water partition coefficient (Wildman–Crippen LogP) is -0.0659. The maximum Gasteiger partial charge on any atom is 0.223 e. The van der Waals surface area contributed by atoms with Crippen molar-refractivity contribution in [1.82, 2.24) is 10.2 Å². The number of amides is 1. The fourth-order valence-corrected chi connectivity index (χ4v) is 3.94. The van der Waals surface area contributed by atoms with Gasteiger partial charge in [0.15, 0.2) is 0 Å². The average molecular weight is 223 g/mol. The van der Waals surface area contributed by atoms with Crippen LogP contribution in [0.15, 0.2) is 0 Å². The summed E-state index contributed by atoms with van der Waals surface area (Å²) in [7, 11) is 0. The molecule has 0 aliphatic carbocycles. The fraction of sp³-hybridized carbons (Fsp3) is 0.917. The lowest BCUT2D eigenvalue weighted by atomic mass is 9.72. The third-order valence-electron chi connectivity index (χ3n) is 4.64. The summed E-state index contributed by atoms with van der Waals surface area (Å²) in [5.41, 5.74) is 5.89. The smallest absolute Gasteiger partial charge is 0.223 e. The Hall–Kier alpha value is -0.610. The molecular formula is C12H21N3O. The molecule has 0 aromatic heterocycles. The highest BCUT2D eigenvalue weighted by Crippen LogP contribution is 2.38. The Morgan fingerprint density at radius 1 is 1.38 bits per heavy atom. The molecule has 3 aliphatic heterocycles. The van der Waals surface area contributed by atoms with Gasteiger partial charge >= 0.3 is 0 Å². The highest BCUT2D eigenvalue weighted by Gasteiger charge is 2.46. The summed E-state index contributed by atoms with van der Waals surface area (Å²) in [5, 5.41) is 3.51. The summed E-state index contributed by atoms with van der Waals surface area (Å²) < 4.78 is 0. The minimum Gasteiger partial charge on any atom is -0.335 e. The molecule has 3 N–H and O–H groups in total. The van der Waals surface area contributed by atoms with Crippen LogP contribution in [-0.4, -0.2) is 42.5 Å². The van der Waals surface area contributed by atoms with Crippen molar-refractivity contribution in [2.45, 2.75) is 37.8 Å². The van der Waals surface area contributed by atoms with Crippen molar-refractivity contribution < 1.29 is 4.79 Å². The zero-order chi connectivity index (χ0) is 11.1. The van der Waals surface area contributed by atoms with Gasteiger partial charge in [-0.25, -0.2) is 0 Å². The second kappa shape index (κ2) is 4.00. The largest absolute Gasteiger partial charge is 0.335 e. The van der Waals surface area contributed by atoms with E-state index in [9.17, 15) is 4.79 Å². The maximum atomic E-state index is 12.1. The Morgan fingerprint density at radius 2 is 2.19 bits per heavy atom. The van der Waals surface area contributed by atoms with E-state index >= 15 is 0 Å². The molecule has 2 bridgehead atoms. The standard InChI is InChI=1S/C12H21N3O/c13-5-11-9-4-8(6-14-7-9)10-2-1-3-12(16)15(10)11/h8-11,14H,1-7,13H2/t8-,9+,10+,11+/m1/s1. The molecule has 0 radical (unpaired) electrons. The molecule has 3 fully saturated rings. The molecule has 3 aliphatic rings. The Bertz CT molecular complexity index is 282. The van der Waals surface area contributed by atoms with Crippen molar-refractivity contribution in [1.29, 1.82) is 0 Å². The van der Waals surface area contributed by atoms with Gasteiger partial charge in [0.05, 0.1) is 0 Å². The van der Waals surface area contributed by atoms with Gasteiger partial charge in [0.1, 0.15) is 0 Å². The van der Waals surface area contributed by atoms with Crippen molar-refractivity contribution in [3.63, 3.8) is 0 Å². The molecule has 4 heteroatoms. The highest BCUT2D eigenvalue weighted by molar-refractivity contribution is 5.78. The lowest BCUT2D eigenvalue weighted by molar-refractivity contribution is -0.148. The second-order valence-corrected chi connectivity index (χ2v) is 5.48. The average Bonchev–Trinajstić information content (AvgIpc) is 2.31. The monoisotopic (exact) mass is 223 g/mol. The molecule has 4 atom stereocenters. The van der Waals surface area contributed by atoms with E-state index in [0.717, 1.165) is 25.9 Å². The summed E-state index contributed by atoms with van der Waals surface area (Å²) >= 11 is 0. The molecule has 16 heavy (non-hydrogen) atoms. The first-order valence-corrected chi connectivity index (χ1v) is 6.53. The lowest BCUT2D eigenvalue weighted by Crippen LogP contribution is -2.66. The quantitative estimate of drug-likeness (QED) is 0.654. The zero-order valence-corrected chi connectivity index (χ0v) is 9.69. The normalized spacial score (nSPS) is 43.1. The summed E-state index contributed by atoms with van der Waals surface area (Å²) in [6.45, 7) is 2.75. The van der Waals surface area contributed by atoms with Gasteiger partial charge in [0.2, 0.25) is 5.91 Å². The topological polar surface area (TPSA) is 58.4 Å². The van der Waals surface area contributed by atoms with Gasteiger partial charge < -0.3 is 16.0 Å². The number of hydrogen-bond donors (Lipinski definition) is 2. The minimum atomic E-state index is 0.293. The van der Waals surface area contributed by atoms with Gasteiger partial charge in [-0.05, 0) is 44.2 Å². The van der Waals surface area contributed by atoms with Gasteiger partial charge in [-0.3, -0.25) is 4.79 Å². The van der Waals surface area contributed by atoms with Crippen LogP contribution in [-0.2, 0) is 4.79 Å². The number of nitrogens with zero attached hydrogens (tertiary/aromatic N) is 1. The van der Waals surface area contributed by atoms with Gasteiger partial charge in [-0.15, -0.1) is 0 Å². The van der Waals surface area contributed by atoms with E-state index in [1.807, 2.05) is 0 Å². The van der Waals surface area contributed by atoms with E-state index < -0.39 is 0 Å². The molecule has 3 heterocycles. The zero-order valence-electron chi connectivity index (χ0n) is 9.69. The lowest BCUT2D eigenvalue weighted by Gasteiger charge is -2.54. The second-order valence-electron chi connectivity index (χ2n) is 5.48. The molecule has 3 saturated heterocycles. The van der Waals surface area contributed by atoms with Crippen LogP contribution >= 0.6 is 0 Å². The number of piperidine rings is 3. The molecule has 4 nitrogen and oxygen atoms in total. The van der Waals surface area contributed by atoms with Gasteiger partial charge in [0.25, 0.3) is 0 Å². The fourth-order valence-electron chi connectivity index (χ4n) is 3.94. The van der Waals surface area contributed by atoms with Crippen LogP contribution in [0.25, 0.3) is 0 Å². The number of carbonyl (C=O) groups is 1. The Balaban J connectivity index is 1.90. The molecule has 0 aromatic carbocycles. The van der Waals surface area contributed by atoms with E-state index in [2.05, 4.69) is 10.2 Å². The molecular weight excluding hydrogens is 202 g/mol. The summed E-state index contributed by atoms with van der Waals surface area (Å²) in [5.74, 6) is 1.61. The third kappa shape index (κ3) is 1.47. The van der Waals surface area contributed by atoms with Crippen molar-refractivity contribution >= 4 is 5.91 Å². The SMILES string of the molecule is NC[C@H]1[C@@H]2CNC[C@@H](C2)[C@@H]2CCCC(=O)N12. The molecule has 0 spiro atoms. The molecule has 3 rings (SSSR count). The first kappa shape index (κ1) is 10.5. The number of rotatable bonds is 1. The van der Waals surface area contributed by atoms with Gasteiger partial charge in [0, 0.05) is 25.0 Å². The molecule has 90 valence electrons. The van der Waals surface area contributed by atoms with Crippen LogP contribution in [0.4, 0.5) is 0 Å². The number of hydrogen-bond acceptors (Lipinski definition) is 3. The van der Waals surface area contributed by atoms with E-state index in [0.29, 0.717) is 36.4 Å². The first-order valence-electron chi connectivity index (χ1n) is 6.53. The van der Waals surface area contributed by atoms with Gasteiger partial charge in [-0.1, -0.05) is 0 Å². The summed E-state index contributed by atoms with van der Waals surface area (Å²) in [6.07, 6.45) is 4.25. The number of nitrogens with one attached hydrogen (secondary N) is 1. The van der Waals surface area contributed by atoms with Crippen LogP contribution < -0.4 is 11.1 Å². The van der Waals surface area contributed by atoms with Crippen LogP contribution in [0.2, 0.25) is 0 Å². The number of nitrogens with two attached hydrogens (primary N) is 1. The number of fused-ring (bicyclic) bond motifs is 4. The molecule has 1 amide bonds. The van der Waals surface area contributed by atoms with Crippen LogP contribution in [0, 0.1) is 11.8 Å². The molecule has 0 aromatic rings. The van der Waals surface area contributed by atoms with Crippen molar-refractivity contribution in [2.75, 3.05) is 19.6 Å².